The van der Waals surface area contributed by atoms with Gasteiger partial charge in [-0.15, -0.1) is 0 Å². The molecule has 0 spiro atoms. The van der Waals surface area contributed by atoms with E-state index in [4.69, 9.17) is 9.47 Å². The van der Waals surface area contributed by atoms with Crippen molar-refractivity contribution in [2.24, 2.45) is 0 Å². The molecule has 0 aromatic carbocycles. The van der Waals surface area contributed by atoms with Crippen LogP contribution < -0.4 is 0 Å². The second-order valence-electron chi connectivity index (χ2n) is 13.4. The van der Waals surface area contributed by atoms with E-state index in [1.165, 1.54) is 103 Å². The summed E-state index contributed by atoms with van der Waals surface area (Å²) in [5, 5.41) is 9.55. The first-order chi connectivity index (χ1) is 23.6. The van der Waals surface area contributed by atoms with E-state index in [1.54, 1.807) is 0 Å². The van der Waals surface area contributed by atoms with Crippen molar-refractivity contribution in [3.8, 4) is 0 Å². The third-order valence-corrected chi connectivity index (χ3v) is 8.60. The predicted octanol–water partition coefficient (Wildman–Crippen LogP) is 12.6. The number of aliphatic hydroxyl groups excluding tert-OH is 1. The SMILES string of the molecule is CCCCCC=CCC=CCCCCCCCCCCCC(=O)OCC(CO)OC(=O)CCCCCCCC=CCC=CCCCCC. The van der Waals surface area contributed by atoms with E-state index in [0.717, 1.165) is 64.2 Å². The van der Waals surface area contributed by atoms with Gasteiger partial charge in [0.05, 0.1) is 6.61 Å². The van der Waals surface area contributed by atoms with Crippen molar-refractivity contribution in [3.63, 3.8) is 0 Å². The summed E-state index contributed by atoms with van der Waals surface area (Å²) < 4.78 is 10.6. The summed E-state index contributed by atoms with van der Waals surface area (Å²) in [6.07, 6.45) is 48.8. The fourth-order valence-corrected chi connectivity index (χ4v) is 5.50. The Morgan fingerprint density at radius 3 is 1.23 bits per heavy atom. The molecule has 0 heterocycles. The number of carbonyl (C=O) groups is 2. The minimum absolute atomic E-state index is 0.0742. The van der Waals surface area contributed by atoms with E-state index >= 15 is 0 Å². The van der Waals surface area contributed by atoms with Crippen LogP contribution in [0.4, 0.5) is 0 Å². The third-order valence-electron chi connectivity index (χ3n) is 8.60. The number of rotatable bonds is 36. The van der Waals surface area contributed by atoms with E-state index < -0.39 is 6.10 Å². The third kappa shape index (κ3) is 36.7. The molecule has 0 rings (SSSR count). The molecular weight excluding hydrogens is 596 g/mol. The molecule has 0 bridgehead atoms. The highest BCUT2D eigenvalue weighted by atomic mass is 16.6. The molecule has 1 N–H and O–H groups in total. The minimum Gasteiger partial charge on any atom is -0.462 e. The molecule has 0 aliphatic heterocycles. The van der Waals surface area contributed by atoms with Gasteiger partial charge in [-0.05, 0) is 77.0 Å². The van der Waals surface area contributed by atoms with Gasteiger partial charge in [0.2, 0.25) is 0 Å². The first-order valence-electron chi connectivity index (χ1n) is 20.2. The van der Waals surface area contributed by atoms with E-state index in [0.29, 0.717) is 12.8 Å². The van der Waals surface area contributed by atoms with E-state index in [-0.39, 0.29) is 25.2 Å². The van der Waals surface area contributed by atoms with Crippen LogP contribution in [0.15, 0.2) is 48.6 Å². The Labute approximate surface area is 297 Å². The summed E-state index contributed by atoms with van der Waals surface area (Å²) in [5.41, 5.74) is 0. The molecule has 5 heteroatoms. The molecule has 0 amide bonds. The zero-order valence-corrected chi connectivity index (χ0v) is 31.5. The van der Waals surface area contributed by atoms with Gasteiger partial charge in [0.1, 0.15) is 6.61 Å². The number of ether oxygens (including phenoxy) is 2. The average molecular weight is 673 g/mol. The molecule has 0 aromatic heterocycles. The molecule has 0 radical (unpaired) electrons. The van der Waals surface area contributed by atoms with Gasteiger partial charge in [-0.3, -0.25) is 9.59 Å². The molecule has 1 unspecified atom stereocenters. The number of hydrogen-bond acceptors (Lipinski definition) is 5. The molecule has 0 aliphatic rings. The average Bonchev–Trinajstić information content (AvgIpc) is 3.09. The highest BCUT2D eigenvalue weighted by Gasteiger charge is 2.16. The number of allylic oxidation sites excluding steroid dienone is 8. The van der Waals surface area contributed by atoms with Crippen LogP contribution in [0.1, 0.15) is 194 Å². The lowest BCUT2D eigenvalue weighted by molar-refractivity contribution is -0.161. The lowest BCUT2D eigenvalue weighted by Gasteiger charge is -2.15. The van der Waals surface area contributed by atoms with Crippen LogP contribution in [0.5, 0.6) is 0 Å². The Balaban J connectivity index is 3.58. The van der Waals surface area contributed by atoms with Crippen molar-refractivity contribution in [2.75, 3.05) is 13.2 Å². The van der Waals surface area contributed by atoms with E-state index in [2.05, 4.69) is 62.5 Å². The highest BCUT2D eigenvalue weighted by Crippen LogP contribution is 2.13. The second-order valence-corrected chi connectivity index (χ2v) is 13.4. The van der Waals surface area contributed by atoms with Crippen LogP contribution in [0, 0.1) is 0 Å². The van der Waals surface area contributed by atoms with Crippen LogP contribution in [0.3, 0.4) is 0 Å². The lowest BCUT2D eigenvalue weighted by atomic mass is 10.1. The normalized spacial score (nSPS) is 12.6. The molecule has 0 aliphatic carbocycles. The number of carbonyl (C=O) groups excluding carboxylic acids is 2. The van der Waals surface area contributed by atoms with Crippen molar-refractivity contribution in [3.05, 3.63) is 48.6 Å². The lowest BCUT2D eigenvalue weighted by Crippen LogP contribution is -2.28. The standard InChI is InChI=1S/C43H76O5/c1-3-5-7-9-11-13-15-17-19-20-21-22-24-25-27-29-31-33-35-37-42(45)47-40-41(39-44)48-43(46)38-36-34-32-30-28-26-23-18-16-14-12-10-8-6-4-2/h11-14,17-19,23,41,44H,3-10,15-16,20-22,24-40H2,1-2H3. The van der Waals surface area contributed by atoms with Crippen LogP contribution >= 0.6 is 0 Å². The first kappa shape index (κ1) is 45.9. The fourth-order valence-electron chi connectivity index (χ4n) is 5.50. The molecule has 5 nitrogen and oxygen atoms in total. The van der Waals surface area contributed by atoms with Gasteiger partial charge in [-0.25, -0.2) is 0 Å². The number of unbranched alkanes of at least 4 members (excludes halogenated alkanes) is 20. The smallest absolute Gasteiger partial charge is 0.306 e. The Morgan fingerprint density at radius 2 is 0.833 bits per heavy atom. The zero-order chi connectivity index (χ0) is 35.0. The van der Waals surface area contributed by atoms with Crippen LogP contribution in [-0.4, -0.2) is 36.4 Å². The maximum absolute atomic E-state index is 12.2. The number of aliphatic hydroxyl groups is 1. The maximum atomic E-state index is 12.2. The van der Waals surface area contributed by atoms with Crippen molar-refractivity contribution in [1.29, 1.82) is 0 Å². The molecule has 278 valence electrons. The molecule has 48 heavy (non-hydrogen) atoms. The monoisotopic (exact) mass is 673 g/mol. The highest BCUT2D eigenvalue weighted by molar-refractivity contribution is 5.70. The van der Waals surface area contributed by atoms with Gasteiger partial charge in [0.15, 0.2) is 6.10 Å². The molecule has 0 saturated heterocycles. The van der Waals surface area contributed by atoms with E-state index in [9.17, 15) is 14.7 Å². The Bertz CT molecular complexity index is 812. The fraction of sp³-hybridized carbons (Fsp3) is 0.767. The van der Waals surface area contributed by atoms with Crippen LogP contribution in [-0.2, 0) is 19.1 Å². The van der Waals surface area contributed by atoms with Crippen molar-refractivity contribution in [1.82, 2.24) is 0 Å². The van der Waals surface area contributed by atoms with Gasteiger partial charge in [0, 0.05) is 12.8 Å². The van der Waals surface area contributed by atoms with Crippen LogP contribution in [0.2, 0.25) is 0 Å². The number of hydrogen-bond donors (Lipinski definition) is 1. The molecule has 0 aromatic rings. The quantitative estimate of drug-likeness (QED) is 0.0407. The summed E-state index contributed by atoms with van der Waals surface area (Å²) >= 11 is 0. The molecule has 1 atom stereocenters. The zero-order valence-electron chi connectivity index (χ0n) is 31.5. The van der Waals surface area contributed by atoms with Crippen molar-refractivity contribution < 1.29 is 24.2 Å². The van der Waals surface area contributed by atoms with Gasteiger partial charge in [-0.1, -0.05) is 152 Å². The molecule has 0 saturated carbocycles. The second kappa shape index (κ2) is 39.3. The summed E-state index contributed by atoms with van der Waals surface area (Å²) in [4.78, 5) is 24.3. The Hall–Kier alpha value is -2.14. The minimum atomic E-state index is -0.780. The van der Waals surface area contributed by atoms with Crippen LogP contribution in [0.25, 0.3) is 0 Å². The van der Waals surface area contributed by atoms with Gasteiger partial charge >= 0.3 is 11.9 Å². The van der Waals surface area contributed by atoms with Crippen molar-refractivity contribution in [2.45, 2.75) is 200 Å². The maximum Gasteiger partial charge on any atom is 0.306 e. The summed E-state index contributed by atoms with van der Waals surface area (Å²) in [7, 11) is 0. The Morgan fingerprint density at radius 1 is 0.479 bits per heavy atom. The Kier molecular flexibility index (Phi) is 37.5. The molecule has 0 fully saturated rings. The van der Waals surface area contributed by atoms with E-state index in [1.807, 2.05) is 0 Å². The van der Waals surface area contributed by atoms with Gasteiger partial charge in [-0.2, -0.15) is 0 Å². The predicted molar refractivity (Wildman–Crippen MR) is 205 cm³/mol. The summed E-state index contributed by atoms with van der Waals surface area (Å²) in [6, 6.07) is 0. The first-order valence-corrected chi connectivity index (χ1v) is 20.2. The van der Waals surface area contributed by atoms with Gasteiger partial charge < -0.3 is 14.6 Å². The van der Waals surface area contributed by atoms with Crippen molar-refractivity contribution >= 4 is 11.9 Å². The molecular formula is C43H76O5. The summed E-state index contributed by atoms with van der Waals surface area (Å²) in [6.45, 7) is 4.07. The van der Waals surface area contributed by atoms with Gasteiger partial charge in [0.25, 0.3) is 0 Å². The summed E-state index contributed by atoms with van der Waals surface area (Å²) in [5.74, 6) is -0.612. The topological polar surface area (TPSA) is 72.8 Å². The number of esters is 2. The largest absolute Gasteiger partial charge is 0.462 e.